The molecule has 0 amide bonds. The van der Waals surface area contributed by atoms with E-state index in [4.69, 9.17) is 9.47 Å². The molecule has 0 bridgehead atoms. The van der Waals surface area contributed by atoms with Gasteiger partial charge in [-0.15, -0.1) is 0 Å². The van der Waals surface area contributed by atoms with E-state index in [0.29, 0.717) is 12.8 Å². The first kappa shape index (κ1) is 23.5. The standard InChI is InChI=1S/C19H31F3O5S/c1-5-7-8-16-12-18(6-2)17(25-16)10-9-15(26-18)11-13(3)14(4)27-28(23,24)19(20,21)22/h13,15-17H,4-12H2,1-3H3/t13-,15-,16+,17+,18+/m1/s1. The van der Waals surface area contributed by atoms with Crippen LogP contribution in [0, 0.1) is 5.92 Å². The molecule has 2 rings (SSSR count). The Labute approximate surface area is 165 Å². The predicted molar refractivity (Wildman–Crippen MR) is 98.9 cm³/mol. The smallest absolute Gasteiger partial charge is 0.381 e. The molecule has 0 aliphatic carbocycles. The molecule has 0 unspecified atom stereocenters. The molecule has 0 spiro atoms. The molecule has 0 aromatic heterocycles. The average Bonchev–Trinajstić information content (AvgIpc) is 2.96. The van der Waals surface area contributed by atoms with Crippen LogP contribution >= 0.6 is 0 Å². The molecular weight excluding hydrogens is 397 g/mol. The van der Waals surface area contributed by atoms with Crippen molar-refractivity contribution in [1.29, 1.82) is 0 Å². The summed E-state index contributed by atoms with van der Waals surface area (Å²) in [4.78, 5) is 0. The van der Waals surface area contributed by atoms with Crippen LogP contribution in [-0.4, -0.2) is 37.8 Å². The minimum Gasteiger partial charge on any atom is -0.381 e. The van der Waals surface area contributed by atoms with E-state index >= 15 is 0 Å². The molecule has 2 saturated heterocycles. The van der Waals surface area contributed by atoms with Gasteiger partial charge in [-0.05, 0) is 32.1 Å². The number of alkyl halides is 3. The van der Waals surface area contributed by atoms with Crippen LogP contribution in [0.5, 0.6) is 0 Å². The van der Waals surface area contributed by atoms with E-state index in [1.54, 1.807) is 6.92 Å². The van der Waals surface area contributed by atoms with E-state index in [2.05, 4.69) is 24.6 Å². The molecule has 2 heterocycles. The van der Waals surface area contributed by atoms with Crippen molar-refractivity contribution >= 4 is 10.1 Å². The van der Waals surface area contributed by atoms with Gasteiger partial charge in [-0.3, -0.25) is 0 Å². The third kappa shape index (κ3) is 5.21. The molecule has 5 nitrogen and oxygen atoms in total. The Morgan fingerprint density at radius 2 is 1.96 bits per heavy atom. The molecule has 28 heavy (non-hydrogen) atoms. The first-order chi connectivity index (χ1) is 12.9. The van der Waals surface area contributed by atoms with Crippen LogP contribution in [0.25, 0.3) is 0 Å². The van der Waals surface area contributed by atoms with Crippen LogP contribution < -0.4 is 0 Å². The van der Waals surface area contributed by atoms with Crippen LogP contribution in [0.2, 0.25) is 0 Å². The first-order valence-corrected chi connectivity index (χ1v) is 11.4. The van der Waals surface area contributed by atoms with Crippen molar-refractivity contribution in [2.75, 3.05) is 0 Å². The van der Waals surface area contributed by atoms with Gasteiger partial charge in [0.2, 0.25) is 0 Å². The van der Waals surface area contributed by atoms with Crippen molar-refractivity contribution in [2.45, 2.75) is 102 Å². The monoisotopic (exact) mass is 428 g/mol. The van der Waals surface area contributed by atoms with Gasteiger partial charge in [0.15, 0.2) is 0 Å². The second-order valence-electron chi connectivity index (χ2n) is 7.91. The lowest BCUT2D eigenvalue weighted by Crippen LogP contribution is -2.48. The van der Waals surface area contributed by atoms with Crippen molar-refractivity contribution < 1.29 is 35.2 Å². The van der Waals surface area contributed by atoms with Gasteiger partial charge in [0.1, 0.15) is 5.76 Å². The van der Waals surface area contributed by atoms with Crippen LogP contribution in [0.4, 0.5) is 13.2 Å². The molecule has 0 N–H and O–H groups in total. The largest absolute Gasteiger partial charge is 0.534 e. The summed E-state index contributed by atoms with van der Waals surface area (Å²) in [5, 5.41) is 0. The first-order valence-electron chi connectivity index (χ1n) is 9.97. The number of ether oxygens (including phenoxy) is 2. The van der Waals surface area contributed by atoms with E-state index in [1.165, 1.54) is 0 Å². The molecule has 2 aliphatic rings. The van der Waals surface area contributed by atoms with Gasteiger partial charge in [-0.2, -0.15) is 21.6 Å². The zero-order valence-corrected chi connectivity index (χ0v) is 17.6. The molecular formula is C19H31F3O5S. The number of allylic oxidation sites excluding steroid dienone is 1. The predicted octanol–water partition coefficient (Wildman–Crippen LogP) is 5.07. The van der Waals surface area contributed by atoms with Crippen LogP contribution in [0.15, 0.2) is 12.3 Å². The summed E-state index contributed by atoms with van der Waals surface area (Å²) in [6.07, 6.45) is 6.71. The lowest BCUT2D eigenvalue weighted by molar-refractivity contribution is -0.170. The molecule has 2 aliphatic heterocycles. The fourth-order valence-corrected chi connectivity index (χ4v) is 4.66. The fraction of sp³-hybridized carbons (Fsp3) is 0.895. The van der Waals surface area contributed by atoms with Crippen molar-refractivity contribution in [1.82, 2.24) is 0 Å². The minimum atomic E-state index is -5.69. The average molecular weight is 429 g/mol. The van der Waals surface area contributed by atoms with Crippen molar-refractivity contribution in [3.63, 3.8) is 0 Å². The minimum absolute atomic E-state index is 0.0379. The SMILES string of the molecule is C=C(OS(=O)(=O)C(F)(F)F)[C@H](C)C[C@H]1CC[C@@H]2O[C@@H](CCCC)C[C@]2(CC)O1. The number of hydrogen-bond donors (Lipinski definition) is 0. The Balaban J connectivity index is 1.96. The Morgan fingerprint density at radius 1 is 1.29 bits per heavy atom. The third-order valence-corrected chi connectivity index (χ3v) is 6.81. The quantitative estimate of drug-likeness (QED) is 0.292. The van der Waals surface area contributed by atoms with Crippen LogP contribution in [0.1, 0.15) is 72.1 Å². The van der Waals surface area contributed by atoms with Gasteiger partial charge >= 0.3 is 15.6 Å². The lowest BCUT2D eigenvalue weighted by atomic mass is 9.82. The highest BCUT2D eigenvalue weighted by Crippen LogP contribution is 2.46. The Morgan fingerprint density at radius 3 is 2.54 bits per heavy atom. The molecule has 9 heteroatoms. The fourth-order valence-electron chi connectivity index (χ4n) is 4.12. The number of rotatable bonds is 9. The highest BCUT2D eigenvalue weighted by atomic mass is 32.2. The molecule has 2 fully saturated rings. The Bertz CT molecular complexity index is 648. The highest BCUT2D eigenvalue weighted by Gasteiger charge is 2.52. The van der Waals surface area contributed by atoms with Gasteiger partial charge in [0, 0.05) is 12.3 Å². The van der Waals surface area contributed by atoms with E-state index in [1.807, 2.05) is 0 Å². The van der Waals surface area contributed by atoms with Gasteiger partial charge < -0.3 is 13.7 Å². The summed E-state index contributed by atoms with van der Waals surface area (Å²) in [5.41, 5.74) is -5.84. The van der Waals surface area contributed by atoms with E-state index in [-0.39, 0.29) is 23.9 Å². The highest BCUT2D eigenvalue weighted by molar-refractivity contribution is 7.87. The summed E-state index contributed by atoms with van der Waals surface area (Å²) < 4.78 is 76.6. The zero-order valence-electron chi connectivity index (χ0n) is 16.8. The maximum Gasteiger partial charge on any atom is 0.534 e. The van der Waals surface area contributed by atoms with Gasteiger partial charge in [0.05, 0.1) is 23.9 Å². The summed E-state index contributed by atoms with van der Waals surface area (Å²) in [6.45, 7) is 9.18. The number of halogens is 3. The number of hydrogen-bond acceptors (Lipinski definition) is 5. The molecule has 0 saturated carbocycles. The van der Waals surface area contributed by atoms with Crippen LogP contribution in [0.3, 0.4) is 0 Å². The van der Waals surface area contributed by atoms with E-state index in [0.717, 1.165) is 38.5 Å². The Kier molecular flexibility index (Phi) is 7.48. The lowest BCUT2D eigenvalue weighted by Gasteiger charge is -2.42. The number of unbranched alkanes of at least 4 members (excludes halogenated alkanes) is 1. The molecule has 5 atom stereocenters. The number of fused-ring (bicyclic) bond motifs is 1. The maximum absolute atomic E-state index is 12.5. The zero-order chi connectivity index (χ0) is 21.2. The van der Waals surface area contributed by atoms with Gasteiger partial charge in [0.25, 0.3) is 0 Å². The van der Waals surface area contributed by atoms with Crippen molar-refractivity contribution in [2.24, 2.45) is 5.92 Å². The molecule has 0 radical (unpaired) electrons. The van der Waals surface area contributed by atoms with Crippen molar-refractivity contribution in [3.05, 3.63) is 12.3 Å². The van der Waals surface area contributed by atoms with Crippen LogP contribution in [-0.2, 0) is 23.8 Å². The second kappa shape index (κ2) is 8.92. The summed E-state index contributed by atoms with van der Waals surface area (Å²) in [6, 6.07) is 0. The molecule has 164 valence electrons. The summed E-state index contributed by atoms with van der Waals surface area (Å²) in [5.74, 6) is -1.01. The third-order valence-electron chi connectivity index (χ3n) is 5.81. The summed E-state index contributed by atoms with van der Waals surface area (Å²) in [7, 11) is -5.69. The summed E-state index contributed by atoms with van der Waals surface area (Å²) >= 11 is 0. The van der Waals surface area contributed by atoms with E-state index in [9.17, 15) is 21.6 Å². The van der Waals surface area contributed by atoms with Gasteiger partial charge in [-0.25, -0.2) is 0 Å². The topological polar surface area (TPSA) is 61.8 Å². The Hall–Kier alpha value is -0.800. The normalized spacial score (nSPS) is 32.0. The van der Waals surface area contributed by atoms with E-state index < -0.39 is 27.3 Å². The van der Waals surface area contributed by atoms with Gasteiger partial charge in [-0.1, -0.05) is 40.2 Å². The maximum atomic E-state index is 12.5. The second-order valence-corrected chi connectivity index (χ2v) is 9.45. The molecule has 0 aromatic rings. The van der Waals surface area contributed by atoms with Crippen molar-refractivity contribution in [3.8, 4) is 0 Å². The molecule has 0 aromatic carbocycles.